The smallest absolute Gasteiger partial charge is 0.234 e. The number of allylic oxidation sites excluding steroid dienone is 2. The van der Waals surface area contributed by atoms with Gasteiger partial charge in [0.25, 0.3) is 0 Å². The zero-order valence-electron chi connectivity index (χ0n) is 14.4. The Morgan fingerprint density at radius 2 is 1.75 bits per heavy atom. The second-order valence-corrected chi connectivity index (χ2v) is 8.08. The maximum Gasteiger partial charge on any atom is 0.234 e. The number of primary amides is 1. The van der Waals surface area contributed by atoms with E-state index in [1.807, 2.05) is 0 Å². The third-order valence-electron chi connectivity index (χ3n) is 6.76. The summed E-state index contributed by atoms with van der Waals surface area (Å²) in [6, 6.07) is 0.327. The summed E-state index contributed by atoms with van der Waals surface area (Å²) in [5, 5.41) is 0. The van der Waals surface area contributed by atoms with E-state index >= 15 is 0 Å². The highest BCUT2D eigenvalue weighted by atomic mass is 16.2. The van der Waals surface area contributed by atoms with Gasteiger partial charge in [0.15, 0.2) is 0 Å². The average Bonchev–Trinajstić information content (AvgIpc) is 3.12. The molecule has 3 fully saturated rings. The van der Waals surface area contributed by atoms with Gasteiger partial charge in [0.05, 0.1) is 6.04 Å². The van der Waals surface area contributed by atoms with Gasteiger partial charge < -0.3 is 10.6 Å². The molecule has 2 amide bonds. The highest BCUT2D eigenvalue weighted by Crippen LogP contribution is 2.41. The zero-order chi connectivity index (χ0) is 16.7. The first-order valence-electron chi connectivity index (χ1n) is 9.65. The molecule has 2 aliphatic heterocycles. The van der Waals surface area contributed by atoms with Crippen LogP contribution in [0.2, 0.25) is 0 Å². The summed E-state index contributed by atoms with van der Waals surface area (Å²) >= 11 is 0. The van der Waals surface area contributed by atoms with Crippen LogP contribution in [0.25, 0.3) is 0 Å². The van der Waals surface area contributed by atoms with Gasteiger partial charge in [-0.05, 0) is 63.3 Å². The summed E-state index contributed by atoms with van der Waals surface area (Å²) < 4.78 is 0. The topological polar surface area (TPSA) is 66.6 Å². The summed E-state index contributed by atoms with van der Waals surface area (Å²) in [4.78, 5) is 29.0. The van der Waals surface area contributed by atoms with E-state index in [0.717, 1.165) is 51.7 Å². The average molecular weight is 331 g/mol. The van der Waals surface area contributed by atoms with E-state index in [4.69, 9.17) is 5.73 Å². The number of rotatable bonds is 3. The highest BCUT2D eigenvalue weighted by Gasteiger charge is 2.40. The van der Waals surface area contributed by atoms with Crippen molar-refractivity contribution in [2.24, 2.45) is 23.5 Å². The third kappa shape index (κ3) is 2.87. The number of carbonyl (C=O) groups is 2. The molecule has 2 N–H and O–H groups in total. The normalized spacial score (nSPS) is 37.1. The lowest BCUT2D eigenvalue weighted by atomic mass is 9.68. The van der Waals surface area contributed by atoms with Gasteiger partial charge in [0, 0.05) is 25.0 Å². The fourth-order valence-corrected chi connectivity index (χ4v) is 5.40. The van der Waals surface area contributed by atoms with Crippen LogP contribution in [0.4, 0.5) is 0 Å². The van der Waals surface area contributed by atoms with Gasteiger partial charge in [-0.1, -0.05) is 12.2 Å². The van der Waals surface area contributed by atoms with Gasteiger partial charge in [-0.3, -0.25) is 14.5 Å². The first kappa shape index (κ1) is 16.1. The molecule has 2 bridgehead atoms. The number of hydrogen-bond donors (Lipinski definition) is 1. The van der Waals surface area contributed by atoms with Crippen molar-refractivity contribution in [1.29, 1.82) is 0 Å². The minimum Gasteiger partial charge on any atom is -0.368 e. The van der Waals surface area contributed by atoms with Crippen LogP contribution in [0.15, 0.2) is 12.2 Å². The van der Waals surface area contributed by atoms with Crippen LogP contribution in [0.5, 0.6) is 0 Å². The molecular weight excluding hydrogens is 302 g/mol. The molecular formula is C19H29N3O2. The lowest BCUT2D eigenvalue weighted by molar-refractivity contribution is -0.140. The molecule has 0 aromatic rings. The molecule has 5 rings (SSSR count). The Bertz CT molecular complexity index is 539. The van der Waals surface area contributed by atoms with Crippen molar-refractivity contribution in [2.75, 3.05) is 19.6 Å². The summed E-state index contributed by atoms with van der Waals surface area (Å²) in [5.74, 6) is 1.51. The second kappa shape index (κ2) is 6.51. The number of nitrogens with zero attached hydrogens (tertiary/aromatic N) is 2. The Kier molecular flexibility index (Phi) is 4.37. The monoisotopic (exact) mass is 331 g/mol. The Hall–Kier alpha value is -1.36. The van der Waals surface area contributed by atoms with E-state index in [1.54, 1.807) is 0 Å². The molecule has 2 heterocycles. The van der Waals surface area contributed by atoms with Crippen molar-refractivity contribution in [2.45, 2.75) is 57.0 Å². The van der Waals surface area contributed by atoms with Crippen molar-refractivity contribution in [3.63, 3.8) is 0 Å². The largest absolute Gasteiger partial charge is 0.368 e. The summed E-state index contributed by atoms with van der Waals surface area (Å²) in [5.41, 5.74) is 5.55. The van der Waals surface area contributed by atoms with Crippen LogP contribution < -0.4 is 5.73 Å². The molecule has 4 atom stereocenters. The first-order valence-corrected chi connectivity index (χ1v) is 9.65. The van der Waals surface area contributed by atoms with E-state index in [9.17, 15) is 9.59 Å². The quantitative estimate of drug-likeness (QED) is 0.798. The SMILES string of the molecule is NC(=O)C1CCCN1C1CCN(C(=O)[C@@H]2C[C@@H]3C=C[C@H]2CC3)CC1. The lowest BCUT2D eigenvalue weighted by Gasteiger charge is -2.43. The molecule has 0 spiro atoms. The summed E-state index contributed by atoms with van der Waals surface area (Å²) in [6.07, 6.45) is 12.0. The molecule has 2 saturated heterocycles. The van der Waals surface area contributed by atoms with Gasteiger partial charge in [0.1, 0.15) is 0 Å². The Morgan fingerprint density at radius 1 is 0.958 bits per heavy atom. The van der Waals surface area contributed by atoms with Gasteiger partial charge in [0.2, 0.25) is 11.8 Å². The first-order chi connectivity index (χ1) is 11.6. The van der Waals surface area contributed by atoms with Gasteiger partial charge in [-0.25, -0.2) is 0 Å². The standard InChI is InChI=1S/C19H29N3O2/c20-18(23)17-2-1-9-22(17)15-7-10-21(11-8-15)19(24)16-12-13-3-5-14(16)6-4-13/h3,5,13-17H,1-2,4,6-12H2,(H2,20,23)/t13-,14+,16-,17?/m1/s1. The van der Waals surface area contributed by atoms with E-state index in [2.05, 4.69) is 22.0 Å². The van der Waals surface area contributed by atoms with E-state index in [-0.39, 0.29) is 17.9 Å². The van der Waals surface area contributed by atoms with Crippen LogP contribution in [0.3, 0.4) is 0 Å². The summed E-state index contributed by atoms with van der Waals surface area (Å²) in [6.45, 7) is 2.65. The number of likely N-dealkylation sites (tertiary alicyclic amines) is 2. The van der Waals surface area contributed by atoms with Crippen LogP contribution in [-0.4, -0.2) is 53.3 Å². The van der Waals surface area contributed by atoms with Crippen LogP contribution in [0.1, 0.15) is 44.9 Å². The molecule has 5 aliphatic rings. The molecule has 1 unspecified atom stereocenters. The number of hydrogen-bond acceptors (Lipinski definition) is 3. The Morgan fingerprint density at radius 3 is 2.33 bits per heavy atom. The fraction of sp³-hybridized carbons (Fsp3) is 0.789. The van der Waals surface area contributed by atoms with Gasteiger partial charge in [-0.2, -0.15) is 0 Å². The van der Waals surface area contributed by atoms with Crippen molar-refractivity contribution in [3.05, 3.63) is 12.2 Å². The van der Waals surface area contributed by atoms with Gasteiger partial charge in [-0.15, -0.1) is 0 Å². The fourth-order valence-electron chi connectivity index (χ4n) is 5.40. The molecule has 0 radical (unpaired) electrons. The van der Waals surface area contributed by atoms with E-state index in [0.29, 0.717) is 23.8 Å². The minimum absolute atomic E-state index is 0.0866. The number of amides is 2. The Labute approximate surface area is 144 Å². The van der Waals surface area contributed by atoms with E-state index < -0.39 is 0 Å². The zero-order valence-corrected chi connectivity index (χ0v) is 14.4. The minimum atomic E-state index is -0.184. The number of fused-ring (bicyclic) bond motifs is 2. The molecule has 3 aliphatic carbocycles. The predicted octanol–water partition coefficient (Wildman–Crippen LogP) is 1.53. The molecule has 24 heavy (non-hydrogen) atoms. The molecule has 132 valence electrons. The van der Waals surface area contributed by atoms with Crippen LogP contribution in [0, 0.1) is 17.8 Å². The number of piperidine rings is 1. The maximum atomic E-state index is 12.9. The molecule has 5 heteroatoms. The van der Waals surface area contributed by atoms with Crippen LogP contribution in [-0.2, 0) is 9.59 Å². The van der Waals surface area contributed by atoms with Crippen molar-refractivity contribution in [1.82, 2.24) is 9.80 Å². The molecule has 1 saturated carbocycles. The predicted molar refractivity (Wildman–Crippen MR) is 92.0 cm³/mol. The molecule has 0 aromatic carbocycles. The lowest BCUT2D eigenvalue weighted by Crippen LogP contribution is -2.52. The number of carbonyl (C=O) groups excluding carboxylic acids is 2. The van der Waals surface area contributed by atoms with Crippen molar-refractivity contribution >= 4 is 11.8 Å². The third-order valence-corrected chi connectivity index (χ3v) is 6.76. The maximum absolute atomic E-state index is 12.9. The van der Waals surface area contributed by atoms with Crippen molar-refractivity contribution < 1.29 is 9.59 Å². The van der Waals surface area contributed by atoms with E-state index in [1.165, 1.54) is 12.8 Å². The molecule has 5 nitrogen and oxygen atoms in total. The highest BCUT2D eigenvalue weighted by molar-refractivity contribution is 5.80. The summed E-state index contributed by atoms with van der Waals surface area (Å²) in [7, 11) is 0. The van der Waals surface area contributed by atoms with Crippen molar-refractivity contribution in [3.8, 4) is 0 Å². The van der Waals surface area contributed by atoms with Crippen LogP contribution >= 0.6 is 0 Å². The number of nitrogens with two attached hydrogens (primary N) is 1. The Balaban J connectivity index is 1.34. The van der Waals surface area contributed by atoms with Gasteiger partial charge >= 0.3 is 0 Å². The molecule has 0 aromatic heterocycles. The second-order valence-electron chi connectivity index (χ2n) is 8.08.